The van der Waals surface area contributed by atoms with Gasteiger partial charge in [0.15, 0.2) is 11.9 Å². The number of allylic oxidation sites excluding steroid dienone is 17. The van der Waals surface area contributed by atoms with Crippen molar-refractivity contribution in [2.75, 3.05) is 26.4 Å². The first-order valence-electron chi connectivity index (χ1n) is 22.6. The first-order valence-corrected chi connectivity index (χ1v) is 25.7. The first-order chi connectivity index (χ1) is 31.2. The number of esters is 2. The number of carbonyl (C=O) groups is 3. The maximum absolute atomic E-state index is 12.8. The maximum Gasteiger partial charge on any atom is 0.472 e. The molecule has 6 atom stereocenters. The van der Waals surface area contributed by atoms with Crippen LogP contribution in [-0.4, -0.2) is 87.4 Å². The number of phosphoric acid groups is 2. The van der Waals surface area contributed by atoms with Crippen LogP contribution in [0.5, 0.6) is 0 Å². The second kappa shape index (κ2) is 37.5. The van der Waals surface area contributed by atoms with Crippen molar-refractivity contribution < 1.29 is 71.5 Å². The highest BCUT2D eigenvalue weighted by Gasteiger charge is 2.29. The molecule has 5 N–H and O–H groups in total. The van der Waals surface area contributed by atoms with Crippen LogP contribution in [0.25, 0.3) is 0 Å². The summed E-state index contributed by atoms with van der Waals surface area (Å²) in [6.07, 6.45) is 43.0. The number of ether oxygens (including phenoxy) is 2. The summed E-state index contributed by atoms with van der Waals surface area (Å²) in [5.74, 6) is -1.68. The van der Waals surface area contributed by atoms with E-state index in [1.54, 1.807) is 18.2 Å². The fraction of sp³-hybridized carbons (Fsp3) is 0.562. The van der Waals surface area contributed by atoms with E-state index >= 15 is 0 Å². The van der Waals surface area contributed by atoms with E-state index in [9.17, 15) is 38.6 Å². The van der Waals surface area contributed by atoms with Gasteiger partial charge < -0.3 is 34.4 Å². The van der Waals surface area contributed by atoms with Crippen LogP contribution in [0.4, 0.5) is 0 Å². The predicted molar refractivity (Wildman–Crippen MR) is 252 cm³/mol. The SMILES string of the molecule is CC/C=C\C/C=C\C/C=C\C/C=C\C/C=C\C/C=C\CCC(=O)OC[C@H](COP(=O)(O)OC[C@@H](O)COP(=O)(O)O)OC(=O)CCC/C=C\C[C@H]1C=CC(=O)[C@@H]1/C=C/[C@@H](O)CCCCC. The number of phosphoric ester groups is 2. The van der Waals surface area contributed by atoms with Crippen LogP contribution in [0.1, 0.15) is 117 Å². The number of hydrogen-bond acceptors (Lipinski definition) is 12. The second-order valence-electron chi connectivity index (χ2n) is 15.2. The zero-order valence-corrected chi connectivity index (χ0v) is 39.9. The third-order valence-electron chi connectivity index (χ3n) is 9.40. The first kappa shape index (κ1) is 59.4. The Hall–Kier alpha value is -3.59. The number of aliphatic hydroxyl groups is 2. The molecule has 0 aromatic carbocycles. The quantitative estimate of drug-likeness (QED) is 0.0168. The van der Waals surface area contributed by atoms with Gasteiger partial charge in [-0.3, -0.25) is 28.0 Å². The molecule has 0 saturated carbocycles. The number of ketones is 1. The largest absolute Gasteiger partial charge is 0.472 e. The summed E-state index contributed by atoms with van der Waals surface area (Å²) in [4.78, 5) is 65.3. The molecule has 0 aliphatic heterocycles. The number of hydrogen-bond donors (Lipinski definition) is 5. The molecule has 0 heterocycles. The van der Waals surface area contributed by atoms with E-state index in [0.717, 1.165) is 51.4 Å². The van der Waals surface area contributed by atoms with E-state index in [0.29, 0.717) is 38.5 Å². The summed E-state index contributed by atoms with van der Waals surface area (Å²) < 4.78 is 47.7. The van der Waals surface area contributed by atoms with Crippen LogP contribution in [0.2, 0.25) is 0 Å². The van der Waals surface area contributed by atoms with Crippen LogP contribution in [0.15, 0.2) is 109 Å². The monoisotopic (exact) mass is 952 g/mol. The van der Waals surface area contributed by atoms with Crippen molar-refractivity contribution in [1.29, 1.82) is 0 Å². The van der Waals surface area contributed by atoms with Gasteiger partial charge >= 0.3 is 27.6 Å². The molecular formula is C48H74O15P2. The van der Waals surface area contributed by atoms with Crippen LogP contribution in [0.3, 0.4) is 0 Å². The van der Waals surface area contributed by atoms with Crippen molar-refractivity contribution in [2.45, 2.75) is 135 Å². The van der Waals surface area contributed by atoms with Crippen molar-refractivity contribution in [1.82, 2.24) is 0 Å². The summed E-state index contributed by atoms with van der Waals surface area (Å²) in [7, 11) is -9.79. The Balaban J connectivity index is 2.58. The van der Waals surface area contributed by atoms with Gasteiger partial charge in [0.25, 0.3) is 0 Å². The highest BCUT2D eigenvalue weighted by Crippen LogP contribution is 2.44. The zero-order valence-electron chi connectivity index (χ0n) is 38.1. The Labute approximate surface area is 386 Å². The topological polar surface area (TPSA) is 233 Å². The highest BCUT2D eigenvalue weighted by molar-refractivity contribution is 7.47. The average molecular weight is 953 g/mol. The Morgan fingerprint density at radius 2 is 1.25 bits per heavy atom. The molecule has 1 aliphatic rings. The Kier molecular flexibility index (Phi) is 34.3. The Morgan fingerprint density at radius 1 is 0.677 bits per heavy atom. The fourth-order valence-corrected chi connectivity index (χ4v) is 7.05. The lowest BCUT2D eigenvalue weighted by atomic mass is 9.90. The molecule has 0 aromatic rings. The molecular weight excluding hydrogens is 878 g/mol. The molecule has 15 nitrogen and oxygen atoms in total. The minimum atomic E-state index is -4.90. The number of carbonyl (C=O) groups excluding carboxylic acids is 3. The van der Waals surface area contributed by atoms with E-state index in [4.69, 9.17) is 23.8 Å². The summed E-state index contributed by atoms with van der Waals surface area (Å²) in [6.45, 7) is 1.21. The minimum absolute atomic E-state index is 0.00765. The lowest BCUT2D eigenvalue weighted by Gasteiger charge is -2.20. The number of aliphatic hydroxyl groups excluding tert-OH is 2. The van der Waals surface area contributed by atoms with Crippen molar-refractivity contribution in [3.63, 3.8) is 0 Å². The Bertz CT molecular complexity index is 1700. The molecule has 1 unspecified atom stereocenters. The van der Waals surface area contributed by atoms with Gasteiger partial charge in [-0.25, -0.2) is 9.13 Å². The summed E-state index contributed by atoms with van der Waals surface area (Å²) >= 11 is 0. The van der Waals surface area contributed by atoms with E-state index in [1.165, 1.54) is 0 Å². The molecule has 366 valence electrons. The van der Waals surface area contributed by atoms with Crippen LogP contribution in [0, 0.1) is 11.8 Å². The molecule has 65 heavy (non-hydrogen) atoms. The standard InChI is InChI=1S/C48H74O15P2/c1-3-5-7-8-9-10-11-12-13-14-15-16-17-18-19-20-21-22-27-31-47(52)59-39-44(40-62-65(57,58)61-38-43(50)37-60-64(54,55)56)63-48(53)32-28-24-23-26-29-41-33-36-46(51)45(41)35-34-42(49)30-25-6-4-2/h5,7,9-10,12-13,15-16,18-19,21-23,26,33-36,41-45,49-50H,3-4,6,8,11,14,17,20,24-25,27-32,37-40H2,1-2H3,(H,57,58)(H2,54,55,56)/b7-5-,10-9-,13-12-,16-15-,19-18-,22-21-,26-23-,35-34+/t41-,42-,43-,44+,45+/m0/s1. The van der Waals surface area contributed by atoms with Gasteiger partial charge in [-0.1, -0.05) is 136 Å². The molecule has 0 amide bonds. The van der Waals surface area contributed by atoms with E-state index in [2.05, 4.69) is 77.6 Å². The highest BCUT2D eigenvalue weighted by atomic mass is 31.2. The molecule has 0 saturated heterocycles. The van der Waals surface area contributed by atoms with Crippen molar-refractivity contribution in [3.05, 3.63) is 109 Å². The van der Waals surface area contributed by atoms with Gasteiger partial charge in [0.1, 0.15) is 12.7 Å². The number of unbranched alkanes of at least 4 members (excludes halogenated alkanes) is 3. The van der Waals surface area contributed by atoms with Gasteiger partial charge in [0, 0.05) is 18.8 Å². The van der Waals surface area contributed by atoms with Crippen molar-refractivity contribution in [3.8, 4) is 0 Å². The van der Waals surface area contributed by atoms with E-state index in [-0.39, 0.29) is 30.5 Å². The molecule has 1 aliphatic carbocycles. The lowest BCUT2D eigenvalue weighted by molar-refractivity contribution is -0.161. The molecule has 0 fully saturated rings. The molecule has 0 spiro atoms. The maximum atomic E-state index is 12.8. The fourth-order valence-electron chi connectivity index (χ4n) is 5.89. The summed E-state index contributed by atoms with van der Waals surface area (Å²) in [5, 5.41) is 20.0. The van der Waals surface area contributed by atoms with Gasteiger partial charge in [0.2, 0.25) is 0 Å². The normalized spacial score (nSPS) is 18.5. The third kappa shape index (κ3) is 35.3. The van der Waals surface area contributed by atoms with Crippen LogP contribution >= 0.6 is 15.6 Å². The van der Waals surface area contributed by atoms with E-state index < -0.39 is 72.3 Å². The molecule has 1 rings (SSSR count). The van der Waals surface area contributed by atoms with E-state index in [1.807, 2.05) is 36.5 Å². The third-order valence-corrected chi connectivity index (χ3v) is 10.8. The number of rotatable bonds is 38. The van der Waals surface area contributed by atoms with Gasteiger partial charge in [-0.05, 0) is 82.6 Å². The second-order valence-corrected chi connectivity index (χ2v) is 17.9. The van der Waals surface area contributed by atoms with Crippen molar-refractivity contribution in [2.24, 2.45) is 11.8 Å². The van der Waals surface area contributed by atoms with Crippen LogP contribution < -0.4 is 0 Å². The van der Waals surface area contributed by atoms with Crippen molar-refractivity contribution >= 4 is 33.4 Å². The molecule has 0 bridgehead atoms. The average Bonchev–Trinajstić information content (AvgIpc) is 3.62. The van der Waals surface area contributed by atoms with Gasteiger partial charge in [-0.2, -0.15) is 0 Å². The predicted octanol–water partition coefficient (Wildman–Crippen LogP) is 9.51. The molecule has 17 heteroatoms. The lowest BCUT2D eigenvalue weighted by Crippen LogP contribution is -2.29. The van der Waals surface area contributed by atoms with Gasteiger partial charge in [-0.15, -0.1) is 0 Å². The van der Waals surface area contributed by atoms with Gasteiger partial charge in [0.05, 0.1) is 25.9 Å². The summed E-state index contributed by atoms with van der Waals surface area (Å²) in [5.41, 5.74) is 0. The minimum Gasteiger partial charge on any atom is -0.462 e. The zero-order chi connectivity index (χ0) is 48.0. The molecule has 0 radical (unpaired) electrons. The summed E-state index contributed by atoms with van der Waals surface area (Å²) in [6, 6.07) is 0. The smallest absolute Gasteiger partial charge is 0.462 e. The van der Waals surface area contributed by atoms with Crippen LogP contribution in [-0.2, 0) is 46.6 Å². The Morgan fingerprint density at radius 3 is 1.85 bits per heavy atom. The molecule has 0 aromatic heterocycles.